The topological polar surface area (TPSA) is 421 Å². The Hall–Kier alpha value is -3.01. The molecule has 2 aromatic rings. The van der Waals surface area contributed by atoms with Crippen LogP contribution in [-0.2, 0) is 55.5 Å². The van der Waals surface area contributed by atoms with Gasteiger partial charge in [-0.05, 0) is 0 Å². The average Bonchev–Trinajstić information content (AvgIpc) is 3.64. The third-order valence-electron chi connectivity index (χ3n) is 7.51. The first-order chi connectivity index (χ1) is 25.9. The zero-order valence-corrected chi connectivity index (χ0v) is 32.7. The number of aliphatic hydroxyl groups excluding tert-OH is 3. The van der Waals surface area contributed by atoms with Crippen LogP contribution in [0.15, 0.2) is 12.7 Å². The van der Waals surface area contributed by atoms with Crippen LogP contribution in [0, 0.1) is 11.3 Å². The van der Waals surface area contributed by atoms with Gasteiger partial charge in [0.1, 0.15) is 42.2 Å². The number of phosphoric ester groups is 3. The van der Waals surface area contributed by atoms with E-state index in [1.807, 2.05) is 0 Å². The van der Waals surface area contributed by atoms with E-state index in [1.54, 1.807) is 0 Å². The van der Waals surface area contributed by atoms with Crippen molar-refractivity contribution < 1.29 is 95.5 Å². The number of imidazole rings is 1. The third kappa shape index (κ3) is 13.5. The smallest absolute Gasteiger partial charge is 0.481 e. The molecule has 3 unspecified atom stereocenters. The molecule has 0 bridgehead atoms. The van der Waals surface area contributed by atoms with Crippen molar-refractivity contribution in [1.29, 1.82) is 0 Å². The Balaban J connectivity index is 1.49. The van der Waals surface area contributed by atoms with Gasteiger partial charge in [-0.1, -0.05) is 25.6 Å². The van der Waals surface area contributed by atoms with Crippen molar-refractivity contribution in [3.05, 3.63) is 12.7 Å². The normalized spacial score (nSPS) is 22.2. The molecule has 1 saturated heterocycles. The zero-order chi connectivity index (χ0) is 42.2. The second-order valence-corrected chi connectivity index (χ2v) is 17.6. The van der Waals surface area contributed by atoms with Crippen LogP contribution in [0.3, 0.4) is 0 Å². The number of hydrogen-bond donors (Lipinski definition) is 11. The van der Waals surface area contributed by atoms with Crippen molar-refractivity contribution in [2.75, 3.05) is 44.4 Å². The van der Waals surface area contributed by atoms with Gasteiger partial charge in [-0.3, -0.25) is 37.3 Å². The number of aromatic nitrogens is 4. The number of carboxylic acids is 1. The lowest BCUT2D eigenvalue weighted by molar-refractivity contribution is -0.145. The van der Waals surface area contributed by atoms with Crippen molar-refractivity contribution in [3.63, 3.8) is 0 Å². The van der Waals surface area contributed by atoms with E-state index >= 15 is 0 Å². The molecular formula is C25H40N7O20P3S. The lowest BCUT2D eigenvalue weighted by Gasteiger charge is -2.30. The number of aliphatic carboxylic acids is 1. The number of nitrogens with one attached hydrogen (secondary N) is 2. The SMILES string of the molecule is CC(C)(COP(=O)(O)OP(=O)(O)OC[C@H]1O[C@@H](n2cnc3c(N)ncnc32)[C@H](O)[C@@H]1OP(=O)(O)O)[C@@H](O)C(=O)NCCC(=O)NCCSC(=O)C(CO)C(=O)O. The Kier molecular flexibility index (Phi) is 16.6. The molecule has 31 heteroatoms. The number of anilines is 1. The number of thioether (sulfide) groups is 1. The van der Waals surface area contributed by atoms with Gasteiger partial charge in [-0.25, -0.2) is 28.6 Å². The maximum Gasteiger partial charge on any atom is 0.481 e. The summed E-state index contributed by atoms with van der Waals surface area (Å²) in [4.78, 5) is 97.9. The van der Waals surface area contributed by atoms with Crippen molar-refractivity contribution in [2.45, 2.75) is 50.9 Å². The van der Waals surface area contributed by atoms with E-state index in [-0.39, 0.29) is 42.2 Å². The highest BCUT2D eigenvalue weighted by Crippen LogP contribution is 2.61. The molecular weight excluding hydrogens is 843 g/mol. The largest absolute Gasteiger partial charge is 0.481 e. The molecule has 2 aromatic heterocycles. The standard InChI is InChI=1S/C25H40N7O20P3S/c1-25(2,18(36)21(37)28-4-3-14(34)27-5-6-56-24(40)12(7-33)23(38)39)9-49-55(46,47)52-54(44,45)48-8-13-17(51-53(41,42)43)16(35)22(50-13)32-11-31-15-19(26)29-10-30-20(15)32/h10-13,16-18,22,33,35-36H,3-9H2,1-2H3,(H,27,34)(H,28,37)(H,38,39)(H,44,45)(H,46,47)(H2,26,29,30)(H2,41,42,43)/t12?,13-,16-,17-,18+,22-/m1/s1. The molecule has 3 heterocycles. The van der Waals surface area contributed by atoms with E-state index in [1.165, 1.54) is 13.8 Å². The molecule has 12 N–H and O–H groups in total. The number of carbonyl (C=O) groups is 4. The summed E-state index contributed by atoms with van der Waals surface area (Å²) < 4.78 is 61.9. The van der Waals surface area contributed by atoms with Gasteiger partial charge in [0.05, 0.1) is 26.1 Å². The van der Waals surface area contributed by atoms with Crippen LogP contribution >= 0.6 is 35.2 Å². The van der Waals surface area contributed by atoms with Crippen LogP contribution in [-0.4, -0.2) is 145 Å². The van der Waals surface area contributed by atoms with Crippen LogP contribution in [0.2, 0.25) is 0 Å². The number of carbonyl (C=O) groups excluding carboxylic acids is 3. The highest BCUT2D eigenvalue weighted by Gasteiger charge is 2.50. The molecule has 27 nitrogen and oxygen atoms in total. The van der Waals surface area contributed by atoms with Gasteiger partial charge < -0.3 is 61.1 Å². The van der Waals surface area contributed by atoms with E-state index in [2.05, 4.69) is 34.4 Å². The highest BCUT2D eigenvalue weighted by atomic mass is 32.2. The quantitative estimate of drug-likeness (QED) is 0.0327. The first-order valence-corrected chi connectivity index (χ1v) is 21.3. The number of rotatable bonds is 22. The van der Waals surface area contributed by atoms with Crippen molar-refractivity contribution in [2.24, 2.45) is 11.3 Å². The fraction of sp³-hybridized carbons (Fsp3) is 0.640. The lowest BCUT2D eigenvalue weighted by atomic mass is 9.87. The summed E-state index contributed by atoms with van der Waals surface area (Å²) >= 11 is 0.590. The van der Waals surface area contributed by atoms with E-state index in [9.17, 15) is 62.7 Å². The van der Waals surface area contributed by atoms with E-state index in [0.717, 1.165) is 17.2 Å². The van der Waals surface area contributed by atoms with Crippen molar-refractivity contribution >= 4 is 75.1 Å². The monoisotopic (exact) mass is 883 g/mol. The average molecular weight is 884 g/mol. The first kappa shape index (κ1) is 47.4. The molecule has 0 saturated carbocycles. The summed E-state index contributed by atoms with van der Waals surface area (Å²) in [6.07, 6.45) is -7.22. The number of amides is 2. The van der Waals surface area contributed by atoms with Gasteiger partial charge in [-0.15, -0.1) is 0 Å². The fourth-order valence-electron chi connectivity index (χ4n) is 4.64. The Morgan fingerprint density at radius 3 is 2.34 bits per heavy atom. The van der Waals surface area contributed by atoms with Gasteiger partial charge in [0.15, 0.2) is 17.7 Å². The van der Waals surface area contributed by atoms with Crippen LogP contribution in [0.25, 0.3) is 11.2 Å². The summed E-state index contributed by atoms with van der Waals surface area (Å²) in [7, 11) is -16.5. The maximum atomic E-state index is 12.6. The number of phosphoric acid groups is 3. The number of nitrogens with zero attached hydrogens (tertiary/aromatic N) is 4. The molecule has 316 valence electrons. The summed E-state index contributed by atoms with van der Waals surface area (Å²) in [5.74, 6) is -4.80. The minimum atomic E-state index is -5.60. The highest BCUT2D eigenvalue weighted by molar-refractivity contribution is 8.13. The molecule has 3 rings (SSSR count). The minimum absolute atomic E-state index is 0.00394. The summed E-state index contributed by atoms with van der Waals surface area (Å²) in [5, 5.41) is 43.0. The Bertz CT molecular complexity index is 1880. The van der Waals surface area contributed by atoms with Crippen LogP contribution < -0.4 is 16.4 Å². The Morgan fingerprint density at radius 2 is 1.71 bits per heavy atom. The summed E-state index contributed by atoms with van der Waals surface area (Å²) in [5.41, 5.74) is 4.16. The number of aliphatic hydroxyl groups is 3. The minimum Gasteiger partial charge on any atom is -0.481 e. The van der Waals surface area contributed by atoms with Crippen molar-refractivity contribution in [1.82, 2.24) is 30.2 Å². The molecule has 0 aliphatic carbocycles. The summed E-state index contributed by atoms with van der Waals surface area (Å²) in [6.45, 7) is -0.923. The van der Waals surface area contributed by atoms with E-state index < -0.39 is 108 Å². The fourth-order valence-corrected chi connectivity index (χ4v) is 8.25. The molecule has 0 aromatic carbocycles. The lowest BCUT2D eigenvalue weighted by Crippen LogP contribution is -2.46. The molecule has 0 radical (unpaired) electrons. The number of nitrogen functional groups attached to an aromatic ring is 1. The van der Waals surface area contributed by atoms with Crippen molar-refractivity contribution in [3.8, 4) is 0 Å². The molecule has 2 amide bonds. The van der Waals surface area contributed by atoms with Crippen LogP contribution in [0.5, 0.6) is 0 Å². The van der Waals surface area contributed by atoms with E-state index in [0.29, 0.717) is 11.8 Å². The second-order valence-electron chi connectivity index (χ2n) is 12.3. The van der Waals surface area contributed by atoms with Gasteiger partial charge >= 0.3 is 29.4 Å². The number of carboxylic acid groups (broad SMARTS) is 1. The number of fused-ring (bicyclic) bond motifs is 1. The Morgan fingerprint density at radius 1 is 1.05 bits per heavy atom. The van der Waals surface area contributed by atoms with Gasteiger partial charge in [-0.2, -0.15) is 4.31 Å². The van der Waals surface area contributed by atoms with Gasteiger partial charge in [0.25, 0.3) is 0 Å². The van der Waals surface area contributed by atoms with Crippen LogP contribution in [0.1, 0.15) is 26.5 Å². The second kappa shape index (κ2) is 19.6. The predicted octanol–water partition coefficient (Wildman–Crippen LogP) is -2.64. The summed E-state index contributed by atoms with van der Waals surface area (Å²) in [6, 6.07) is 0. The van der Waals surface area contributed by atoms with E-state index in [4.69, 9.17) is 29.7 Å². The maximum absolute atomic E-state index is 12.6. The molecule has 56 heavy (non-hydrogen) atoms. The number of hydrogen-bond acceptors (Lipinski definition) is 20. The molecule has 1 fully saturated rings. The third-order valence-corrected chi connectivity index (χ3v) is 11.6. The van der Waals surface area contributed by atoms with Gasteiger partial charge in [0, 0.05) is 30.7 Å². The zero-order valence-electron chi connectivity index (χ0n) is 29.2. The number of nitrogens with two attached hydrogens (primary N) is 1. The molecule has 0 spiro atoms. The number of ether oxygens (including phenoxy) is 1. The van der Waals surface area contributed by atoms with Gasteiger partial charge in [0.2, 0.25) is 16.9 Å². The molecule has 8 atom stereocenters. The first-order valence-electron chi connectivity index (χ1n) is 15.8. The molecule has 1 aliphatic rings. The predicted molar refractivity (Wildman–Crippen MR) is 185 cm³/mol. The van der Waals surface area contributed by atoms with Crippen LogP contribution in [0.4, 0.5) is 5.82 Å². The molecule has 1 aliphatic heterocycles. The Labute approximate surface area is 319 Å².